The van der Waals surface area contributed by atoms with E-state index in [2.05, 4.69) is 48.1 Å². The van der Waals surface area contributed by atoms with E-state index in [1.165, 1.54) is 56.9 Å². The third-order valence-electron chi connectivity index (χ3n) is 5.09. The molecule has 0 aromatic heterocycles. The van der Waals surface area contributed by atoms with E-state index in [4.69, 9.17) is 0 Å². The Labute approximate surface area is 150 Å². The lowest BCUT2D eigenvalue weighted by Crippen LogP contribution is -2.21. The van der Waals surface area contributed by atoms with Gasteiger partial charge in [0, 0.05) is 0 Å². The SMILES string of the molecule is C.C=C(CC(CC)C1CCC(C)CC1)C(C)C.CC.CCCC. The van der Waals surface area contributed by atoms with Crippen LogP contribution >= 0.6 is 0 Å². The van der Waals surface area contributed by atoms with Gasteiger partial charge in [-0.05, 0) is 42.9 Å². The first-order valence-corrected chi connectivity index (χ1v) is 10.1. The zero-order chi connectivity index (χ0) is 17.5. The van der Waals surface area contributed by atoms with Gasteiger partial charge in [-0.1, -0.05) is 107 Å². The van der Waals surface area contributed by atoms with Crippen LogP contribution in [0.2, 0.25) is 0 Å². The number of unbranched alkanes of at least 4 members (excludes halogenated alkanes) is 1. The molecule has 0 heterocycles. The molecule has 1 aliphatic rings. The van der Waals surface area contributed by atoms with E-state index in [0.29, 0.717) is 5.92 Å². The van der Waals surface area contributed by atoms with Gasteiger partial charge in [0.2, 0.25) is 0 Å². The van der Waals surface area contributed by atoms with Crippen molar-refractivity contribution in [3.8, 4) is 0 Å². The van der Waals surface area contributed by atoms with Crippen molar-refractivity contribution in [3.05, 3.63) is 12.2 Å². The van der Waals surface area contributed by atoms with Gasteiger partial charge in [-0.2, -0.15) is 0 Å². The highest BCUT2D eigenvalue weighted by Crippen LogP contribution is 2.37. The molecule has 0 spiro atoms. The van der Waals surface area contributed by atoms with Crippen LogP contribution in [-0.2, 0) is 0 Å². The molecule has 0 bridgehead atoms. The second kappa shape index (κ2) is 18.1. The third kappa shape index (κ3) is 13.8. The van der Waals surface area contributed by atoms with Crippen molar-refractivity contribution in [1.82, 2.24) is 0 Å². The minimum Gasteiger partial charge on any atom is -0.0996 e. The summed E-state index contributed by atoms with van der Waals surface area (Å²) in [4.78, 5) is 0. The average molecular weight is 327 g/mol. The molecule has 0 radical (unpaired) electrons. The van der Waals surface area contributed by atoms with E-state index < -0.39 is 0 Å². The summed E-state index contributed by atoms with van der Waals surface area (Å²) >= 11 is 0. The maximum absolute atomic E-state index is 4.25. The Morgan fingerprint density at radius 2 is 1.39 bits per heavy atom. The molecule has 142 valence electrons. The molecule has 0 heteroatoms. The number of hydrogen-bond acceptors (Lipinski definition) is 0. The molecule has 1 unspecified atom stereocenters. The summed E-state index contributed by atoms with van der Waals surface area (Å²) in [7, 11) is 0. The highest BCUT2D eigenvalue weighted by Gasteiger charge is 2.25. The van der Waals surface area contributed by atoms with Gasteiger partial charge in [-0.3, -0.25) is 0 Å². The second-order valence-electron chi connectivity index (χ2n) is 7.21. The summed E-state index contributed by atoms with van der Waals surface area (Å²) in [5.74, 6) is 3.53. The lowest BCUT2D eigenvalue weighted by atomic mass is 9.73. The lowest BCUT2D eigenvalue weighted by molar-refractivity contribution is 0.204. The largest absolute Gasteiger partial charge is 0.0996 e. The Balaban J connectivity index is -0.000000498. The third-order valence-corrected chi connectivity index (χ3v) is 5.09. The molecule has 1 atom stereocenters. The lowest BCUT2D eigenvalue weighted by Gasteiger charge is -2.33. The van der Waals surface area contributed by atoms with Crippen molar-refractivity contribution in [2.45, 2.75) is 114 Å². The number of rotatable bonds is 6. The molecular weight excluding hydrogens is 276 g/mol. The highest BCUT2D eigenvalue weighted by atomic mass is 14.3. The summed E-state index contributed by atoms with van der Waals surface area (Å²) in [5, 5.41) is 0. The Hall–Kier alpha value is -0.260. The maximum Gasteiger partial charge on any atom is -0.0263 e. The summed E-state index contributed by atoms with van der Waals surface area (Å²) in [6.07, 6.45) is 11.1. The van der Waals surface area contributed by atoms with Crippen molar-refractivity contribution in [1.29, 1.82) is 0 Å². The van der Waals surface area contributed by atoms with Gasteiger partial charge in [0.15, 0.2) is 0 Å². The van der Waals surface area contributed by atoms with Crippen LogP contribution in [0.25, 0.3) is 0 Å². The van der Waals surface area contributed by atoms with Gasteiger partial charge in [-0.25, -0.2) is 0 Å². The first-order chi connectivity index (χ1) is 10.5. The Morgan fingerprint density at radius 1 is 0.957 bits per heavy atom. The minimum absolute atomic E-state index is 0. The van der Waals surface area contributed by atoms with E-state index in [1.54, 1.807) is 0 Å². The van der Waals surface area contributed by atoms with Gasteiger partial charge >= 0.3 is 0 Å². The smallest absolute Gasteiger partial charge is 0.0263 e. The molecule has 23 heavy (non-hydrogen) atoms. The molecule has 0 aliphatic heterocycles. The number of allylic oxidation sites excluding steroid dienone is 1. The van der Waals surface area contributed by atoms with Crippen LogP contribution in [0.15, 0.2) is 12.2 Å². The van der Waals surface area contributed by atoms with Crippen LogP contribution in [0.3, 0.4) is 0 Å². The molecule has 0 aromatic rings. The fraction of sp³-hybridized carbons (Fsp3) is 0.913. The molecule has 1 rings (SSSR count). The Morgan fingerprint density at radius 3 is 1.70 bits per heavy atom. The maximum atomic E-state index is 4.25. The van der Waals surface area contributed by atoms with Gasteiger partial charge in [-0.15, -0.1) is 0 Å². The van der Waals surface area contributed by atoms with E-state index in [9.17, 15) is 0 Å². The van der Waals surface area contributed by atoms with Crippen LogP contribution in [0.1, 0.15) is 114 Å². The molecule has 1 fully saturated rings. The van der Waals surface area contributed by atoms with Gasteiger partial charge < -0.3 is 0 Å². The fourth-order valence-electron chi connectivity index (χ4n) is 2.97. The van der Waals surface area contributed by atoms with E-state index in [1.807, 2.05) is 13.8 Å². The molecule has 0 nitrogen and oxygen atoms in total. The summed E-state index contributed by atoms with van der Waals surface area (Å²) < 4.78 is 0. The predicted octanol–water partition coefficient (Wildman–Crippen LogP) is 8.91. The van der Waals surface area contributed by atoms with Gasteiger partial charge in [0.05, 0.1) is 0 Å². The zero-order valence-corrected chi connectivity index (χ0v) is 17.2. The van der Waals surface area contributed by atoms with Crippen LogP contribution in [-0.4, -0.2) is 0 Å². The van der Waals surface area contributed by atoms with Gasteiger partial charge in [0.1, 0.15) is 0 Å². The molecular formula is C23H50. The van der Waals surface area contributed by atoms with E-state index in [0.717, 1.165) is 17.8 Å². The predicted molar refractivity (Wildman–Crippen MR) is 112 cm³/mol. The molecule has 1 aliphatic carbocycles. The standard InChI is InChI=1S/C16H30.C4H10.C2H6.CH4/c1-6-15(11-14(5)12(2)3)16-9-7-13(4)8-10-16;1-3-4-2;1-2;/h12-13,15-16H,5-11H2,1-4H3;3-4H2,1-2H3;1-2H3;1H4. The number of hydrogen-bond donors (Lipinski definition) is 0. The monoisotopic (exact) mass is 326 g/mol. The highest BCUT2D eigenvalue weighted by molar-refractivity contribution is 4.99. The van der Waals surface area contributed by atoms with Crippen molar-refractivity contribution < 1.29 is 0 Å². The first-order valence-electron chi connectivity index (χ1n) is 10.1. The van der Waals surface area contributed by atoms with Crippen LogP contribution in [0.5, 0.6) is 0 Å². The zero-order valence-electron chi connectivity index (χ0n) is 17.2. The van der Waals surface area contributed by atoms with E-state index >= 15 is 0 Å². The quantitative estimate of drug-likeness (QED) is 0.427. The van der Waals surface area contributed by atoms with Crippen LogP contribution in [0.4, 0.5) is 0 Å². The Kier molecular flexibility index (Phi) is 21.7. The molecule has 0 N–H and O–H groups in total. The normalized spacial score (nSPS) is 21.1. The molecule has 0 saturated heterocycles. The summed E-state index contributed by atoms with van der Waals surface area (Å²) in [6, 6.07) is 0. The molecule has 0 amide bonds. The second-order valence-corrected chi connectivity index (χ2v) is 7.21. The van der Waals surface area contributed by atoms with Crippen molar-refractivity contribution in [2.75, 3.05) is 0 Å². The molecule has 1 saturated carbocycles. The Bertz CT molecular complexity index is 228. The topological polar surface area (TPSA) is 0 Å². The fourth-order valence-corrected chi connectivity index (χ4v) is 2.97. The summed E-state index contributed by atoms with van der Waals surface area (Å²) in [5.41, 5.74) is 1.46. The first kappa shape index (κ1) is 27.6. The average Bonchev–Trinajstić information content (AvgIpc) is 2.55. The van der Waals surface area contributed by atoms with Crippen LogP contribution < -0.4 is 0 Å². The minimum atomic E-state index is 0. The van der Waals surface area contributed by atoms with Crippen molar-refractivity contribution in [3.63, 3.8) is 0 Å². The van der Waals surface area contributed by atoms with Crippen molar-refractivity contribution in [2.24, 2.45) is 23.7 Å². The van der Waals surface area contributed by atoms with Gasteiger partial charge in [0.25, 0.3) is 0 Å². The van der Waals surface area contributed by atoms with E-state index in [-0.39, 0.29) is 7.43 Å². The van der Waals surface area contributed by atoms with Crippen molar-refractivity contribution >= 4 is 0 Å². The molecule has 0 aromatic carbocycles. The van der Waals surface area contributed by atoms with Crippen LogP contribution in [0, 0.1) is 23.7 Å². The summed E-state index contributed by atoms with van der Waals surface area (Å²) in [6.45, 7) is 21.9.